The number of hydrogen-bond donors (Lipinski definition) is 1. The molecule has 0 spiro atoms. The number of rotatable bonds is 5. The van der Waals surface area contributed by atoms with Crippen molar-refractivity contribution >= 4 is 23.5 Å². The zero-order valence-corrected chi connectivity index (χ0v) is 16.9. The minimum atomic E-state index is -0.519. The van der Waals surface area contributed by atoms with Crippen molar-refractivity contribution in [2.24, 2.45) is 17.8 Å². The Morgan fingerprint density at radius 1 is 1.24 bits per heavy atom. The summed E-state index contributed by atoms with van der Waals surface area (Å²) in [7, 11) is 0. The Labute approximate surface area is 171 Å². The van der Waals surface area contributed by atoms with E-state index in [4.69, 9.17) is 10.00 Å². The Morgan fingerprint density at radius 3 is 2.66 bits per heavy atom. The highest BCUT2D eigenvalue weighted by Crippen LogP contribution is 2.35. The molecule has 4 atom stereocenters. The molecule has 1 aromatic carbocycles. The number of hydrogen-bond acceptors (Lipinski definition) is 5. The Balaban J connectivity index is 1.48. The Kier molecular flexibility index (Phi) is 6.53. The molecule has 7 nitrogen and oxygen atoms in total. The summed E-state index contributed by atoms with van der Waals surface area (Å²) in [6, 6.07) is 8.59. The molecule has 0 aromatic heterocycles. The van der Waals surface area contributed by atoms with Gasteiger partial charge in [-0.05, 0) is 42.5 Å². The van der Waals surface area contributed by atoms with Crippen molar-refractivity contribution in [2.75, 3.05) is 18.5 Å². The number of nitrogens with zero attached hydrogens (tertiary/aromatic N) is 2. The average molecular weight is 397 g/mol. The summed E-state index contributed by atoms with van der Waals surface area (Å²) in [5.74, 6) is -0.500. The van der Waals surface area contributed by atoms with Gasteiger partial charge >= 0.3 is 5.97 Å². The van der Waals surface area contributed by atoms with Gasteiger partial charge in [0.15, 0.2) is 6.61 Å². The quantitative estimate of drug-likeness (QED) is 0.770. The molecular formula is C22H27N3O4. The fourth-order valence-electron chi connectivity index (χ4n) is 4.28. The molecule has 0 bridgehead atoms. The molecule has 0 unspecified atom stereocenters. The Bertz CT molecular complexity index is 814. The third kappa shape index (κ3) is 4.94. The van der Waals surface area contributed by atoms with Crippen LogP contribution in [-0.2, 0) is 19.1 Å². The molecule has 1 heterocycles. The van der Waals surface area contributed by atoms with Gasteiger partial charge in [-0.2, -0.15) is 5.26 Å². The standard InChI is InChI=1S/C22H27N3O4/c1-14-4-3-5-19(15(14)2)25-12-17(10-21(25)27)22(28)29-13-20(26)24-18-8-6-16(11-23)7-9-18/h6-9,14-15,17,19H,3-5,10,12-13H2,1-2H3,(H,24,26)/t14-,15-,17-,19-/m1/s1. The minimum Gasteiger partial charge on any atom is -0.455 e. The molecule has 1 aliphatic heterocycles. The van der Waals surface area contributed by atoms with Crippen LogP contribution in [0.4, 0.5) is 5.69 Å². The van der Waals surface area contributed by atoms with Gasteiger partial charge in [0.2, 0.25) is 5.91 Å². The first-order chi connectivity index (χ1) is 13.9. The molecule has 1 aliphatic carbocycles. The smallest absolute Gasteiger partial charge is 0.311 e. The summed E-state index contributed by atoms with van der Waals surface area (Å²) >= 11 is 0. The number of carbonyl (C=O) groups excluding carboxylic acids is 3. The van der Waals surface area contributed by atoms with Crippen LogP contribution in [0.5, 0.6) is 0 Å². The van der Waals surface area contributed by atoms with Crippen LogP contribution < -0.4 is 5.32 Å². The van der Waals surface area contributed by atoms with E-state index in [1.807, 2.05) is 11.0 Å². The lowest BCUT2D eigenvalue weighted by molar-refractivity contribution is -0.151. The van der Waals surface area contributed by atoms with Crippen LogP contribution in [0.2, 0.25) is 0 Å². The Morgan fingerprint density at radius 2 is 1.97 bits per heavy atom. The van der Waals surface area contributed by atoms with Crippen LogP contribution in [0.3, 0.4) is 0 Å². The number of esters is 1. The van der Waals surface area contributed by atoms with Crippen molar-refractivity contribution < 1.29 is 19.1 Å². The second-order valence-electron chi connectivity index (χ2n) is 8.13. The fourth-order valence-corrected chi connectivity index (χ4v) is 4.28. The zero-order chi connectivity index (χ0) is 21.0. The maximum absolute atomic E-state index is 12.5. The van der Waals surface area contributed by atoms with Gasteiger partial charge in [0.25, 0.3) is 5.91 Å². The molecular weight excluding hydrogens is 370 g/mol. The van der Waals surface area contributed by atoms with Gasteiger partial charge in [-0.1, -0.05) is 26.7 Å². The van der Waals surface area contributed by atoms with E-state index < -0.39 is 24.4 Å². The molecule has 3 rings (SSSR count). The number of benzene rings is 1. The van der Waals surface area contributed by atoms with Gasteiger partial charge in [-0.25, -0.2) is 0 Å². The third-order valence-corrected chi connectivity index (χ3v) is 6.20. The van der Waals surface area contributed by atoms with Crippen LogP contribution in [0.25, 0.3) is 0 Å². The molecule has 1 N–H and O–H groups in total. The molecule has 2 fully saturated rings. The minimum absolute atomic E-state index is 0.0000610. The number of nitrogens with one attached hydrogen (secondary N) is 1. The lowest BCUT2D eigenvalue weighted by Gasteiger charge is -2.39. The topological polar surface area (TPSA) is 99.5 Å². The van der Waals surface area contributed by atoms with E-state index in [0.717, 1.165) is 12.8 Å². The van der Waals surface area contributed by atoms with Gasteiger partial charge in [-0.3, -0.25) is 14.4 Å². The van der Waals surface area contributed by atoms with E-state index in [2.05, 4.69) is 19.2 Å². The van der Waals surface area contributed by atoms with Crippen LogP contribution in [0.15, 0.2) is 24.3 Å². The van der Waals surface area contributed by atoms with E-state index in [1.165, 1.54) is 6.42 Å². The first-order valence-corrected chi connectivity index (χ1v) is 10.1. The van der Waals surface area contributed by atoms with E-state index in [9.17, 15) is 14.4 Å². The second-order valence-corrected chi connectivity index (χ2v) is 8.13. The SMILES string of the molecule is C[C@@H]1[C@H](C)CCC[C@H]1N1C[C@H](C(=O)OCC(=O)Nc2ccc(C#N)cc2)CC1=O. The lowest BCUT2D eigenvalue weighted by Crippen LogP contribution is -2.45. The summed E-state index contributed by atoms with van der Waals surface area (Å²) in [6.07, 6.45) is 3.41. The molecule has 1 saturated carbocycles. The maximum Gasteiger partial charge on any atom is 0.311 e. The molecule has 7 heteroatoms. The van der Waals surface area contributed by atoms with E-state index in [-0.39, 0.29) is 18.4 Å². The summed E-state index contributed by atoms with van der Waals surface area (Å²) in [5, 5.41) is 11.4. The van der Waals surface area contributed by atoms with Gasteiger partial charge in [-0.15, -0.1) is 0 Å². The number of carbonyl (C=O) groups is 3. The Hall–Kier alpha value is -2.88. The largest absolute Gasteiger partial charge is 0.455 e. The zero-order valence-electron chi connectivity index (χ0n) is 16.9. The van der Waals surface area contributed by atoms with Crippen molar-refractivity contribution in [3.8, 4) is 6.07 Å². The summed E-state index contributed by atoms with van der Waals surface area (Å²) in [5.41, 5.74) is 1.01. The van der Waals surface area contributed by atoms with Gasteiger partial charge < -0.3 is 15.0 Å². The molecule has 1 aromatic rings. The van der Waals surface area contributed by atoms with Gasteiger partial charge in [0, 0.05) is 24.7 Å². The molecule has 154 valence electrons. The van der Waals surface area contributed by atoms with Crippen molar-refractivity contribution in [1.29, 1.82) is 5.26 Å². The van der Waals surface area contributed by atoms with Gasteiger partial charge in [0.05, 0.1) is 17.6 Å². The van der Waals surface area contributed by atoms with Crippen molar-refractivity contribution in [1.82, 2.24) is 4.90 Å². The molecule has 2 amide bonds. The highest BCUT2D eigenvalue weighted by Gasteiger charge is 2.42. The summed E-state index contributed by atoms with van der Waals surface area (Å²) in [6.45, 7) is 4.37. The van der Waals surface area contributed by atoms with Crippen LogP contribution in [-0.4, -0.2) is 41.9 Å². The third-order valence-electron chi connectivity index (χ3n) is 6.20. The second kappa shape index (κ2) is 9.08. The molecule has 29 heavy (non-hydrogen) atoms. The average Bonchev–Trinajstić information content (AvgIpc) is 3.10. The predicted molar refractivity (Wildman–Crippen MR) is 107 cm³/mol. The monoisotopic (exact) mass is 397 g/mol. The summed E-state index contributed by atoms with van der Waals surface area (Å²) in [4.78, 5) is 38.7. The van der Waals surface area contributed by atoms with E-state index in [1.54, 1.807) is 24.3 Å². The number of ether oxygens (including phenoxy) is 1. The maximum atomic E-state index is 12.5. The van der Waals surface area contributed by atoms with E-state index in [0.29, 0.717) is 29.6 Å². The van der Waals surface area contributed by atoms with Crippen molar-refractivity contribution in [3.05, 3.63) is 29.8 Å². The van der Waals surface area contributed by atoms with E-state index >= 15 is 0 Å². The molecule has 1 saturated heterocycles. The number of nitriles is 1. The number of likely N-dealkylation sites (tertiary alicyclic amines) is 1. The van der Waals surface area contributed by atoms with Crippen LogP contribution >= 0.6 is 0 Å². The lowest BCUT2D eigenvalue weighted by atomic mass is 9.77. The number of amides is 2. The fraction of sp³-hybridized carbons (Fsp3) is 0.545. The summed E-state index contributed by atoms with van der Waals surface area (Å²) < 4.78 is 5.15. The molecule has 0 radical (unpaired) electrons. The first kappa shape index (κ1) is 20.8. The van der Waals surface area contributed by atoms with Gasteiger partial charge in [0.1, 0.15) is 0 Å². The predicted octanol–water partition coefficient (Wildman–Crippen LogP) is 2.71. The highest BCUT2D eigenvalue weighted by atomic mass is 16.5. The van der Waals surface area contributed by atoms with Crippen molar-refractivity contribution in [3.63, 3.8) is 0 Å². The first-order valence-electron chi connectivity index (χ1n) is 10.1. The van der Waals surface area contributed by atoms with Crippen LogP contribution in [0, 0.1) is 29.1 Å². The highest BCUT2D eigenvalue weighted by molar-refractivity contribution is 5.93. The number of anilines is 1. The van der Waals surface area contributed by atoms with Crippen LogP contribution in [0.1, 0.15) is 45.1 Å². The van der Waals surface area contributed by atoms with Crippen molar-refractivity contribution in [2.45, 2.75) is 45.6 Å². The molecule has 2 aliphatic rings. The normalized spacial score (nSPS) is 26.7.